The zero-order valence-corrected chi connectivity index (χ0v) is 13.7. The summed E-state index contributed by atoms with van der Waals surface area (Å²) in [6.07, 6.45) is 0. The van der Waals surface area contributed by atoms with Crippen LogP contribution in [0.1, 0.15) is 20.7 Å². The van der Waals surface area contributed by atoms with Crippen LogP contribution < -0.4 is 5.32 Å². The first-order valence-electron chi connectivity index (χ1n) is 7.56. The lowest BCUT2D eigenvalue weighted by Crippen LogP contribution is -2.40. The lowest BCUT2D eigenvalue weighted by molar-refractivity contribution is -0.121. The van der Waals surface area contributed by atoms with Crippen molar-refractivity contribution in [1.29, 1.82) is 0 Å². The van der Waals surface area contributed by atoms with E-state index in [0.717, 1.165) is 15.5 Å². The Morgan fingerprint density at radius 3 is 2.12 bits per heavy atom. The molecule has 2 aromatic carbocycles. The number of nitrogens with one attached hydrogen (secondary N) is 1. The van der Waals surface area contributed by atoms with Crippen LogP contribution in [0.25, 0.3) is 0 Å². The fourth-order valence-corrected chi connectivity index (χ4v) is 3.25. The zero-order valence-electron chi connectivity index (χ0n) is 12.9. The molecule has 2 aromatic rings. The Morgan fingerprint density at radius 2 is 1.50 bits per heavy atom. The number of carbonyl (C=O) groups excluding carboxylic acids is 3. The molecule has 1 heterocycles. The van der Waals surface area contributed by atoms with Crippen LogP contribution in [-0.4, -0.2) is 41.5 Å². The lowest BCUT2D eigenvalue weighted by atomic mass is 10.1. The number of benzene rings is 2. The fraction of sp³-hybridized carbons (Fsp3) is 0.167. The van der Waals surface area contributed by atoms with Gasteiger partial charge in [0.2, 0.25) is 5.91 Å². The van der Waals surface area contributed by atoms with Gasteiger partial charge in [0.15, 0.2) is 0 Å². The summed E-state index contributed by atoms with van der Waals surface area (Å²) in [5, 5.41) is 2.74. The molecular weight excluding hydrogens is 324 g/mol. The number of hydrogen-bond donors (Lipinski definition) is 1. The number of amides is 3. The number of nitrogens with zero attached hydrogens (tertiary/aromatic N) is 1. The molecule has 6 heteroatoms. The minimum Gasteiger partial charge on any atom is -0.354 e. The number of imide groups is 1. The van der Waals surface area contributed by atoms with E-state index in [0.29, 0.717) is 17.7 Å². The predicted octanol–water partition coefficient (Wildman–Crippen LogP) is 2.19. The second-order valence-corrected chi connectivity index (χ2v) is 6.42. The highest BCUT2D eigenvalue weighted by molar-refractivity contribution is 7.99. The maximum Gasteiger partial charge on any atom is 0.262 e. The third-order valence-corrected chi connectivity index (χ3v) is 4.63. The van der Waals surface area contributed by atoms with Crippen LogP contribution in [0.4, 0.5) is 0 Å². The number of carbonyl (C=O) groups is 3. The number of thioether (sulfide) groups is 1. The lowest BCUT2D eigenvalue weighted by Gasteiger charge is -2.13. The van der Waals surface area contributed by atoms with Crippen LogP contribution >= 0.6 is 11.8 Å². The molecule has 3 amide bonds. The van der Waals surface area contributed by atoms with Crippen molar-refractivity contribution in [3.05, 3.63) is 65.7 Å². The molecule has 0 aromatic heterocycles. The fourth-order valence-electron chi connectivity index (χ4n) is 2.46. The molecule has 24 heavy (non-hydrogen) atoms. The number of hydrogen-bond acceptors (Lipinski definition) is 4. The van der Waals surface area contributed by atoms with Crippen molar-refractivity contribution in [2.45, 2.75) is 4.90 Å². The molecule has 0 spiro atoms. The van der Waals surface area contributed by atoms with Gasteiger partial charge in [-0.1, -0.05) is 30.3 Å². The molecule has 0 aliphatic carbocycles. The van der Waals surface area contributed by atoms with Gasteiger partial charge >= 0.3 is 0 Å². The average molecular weight is 340 g/mol. The Bertz CT molecular complexity index is 742. The summed E-state index contributed by atoms with van der Waals surface area (Å²) >= 11 is 1.63. The molecule has 0 fully saturated rings. The van der Waals surface area contributed by atoms with Gasteiger partial charge in [-0.2, -0.15) is 0 Å². The van der Waals surface area contributed by atoms with Crippen LogP contribution in [0.5, 0.6) is 0 Å². The Kier molecular flexibility index (Phi) is 4.96. The summed E-state index contributed by atoms with van der Waals surface area (Å²) in [6, 6.07) is 16.5. The first-order valence-corrected chi connectivity index (χ1v) is 8.55. The van der Waals surface area contributed by atoms with Crippen molar-refractivity contribution in [3.63, 3.8) is 0 Å². The van der Waals surface area contributed by atoms with Gasteiger partial charge in [0.1, 0.15) is 6.54 Å². The SMILES string of the molecule is O=C(CN1C(=O)c2ccccc2C1=O)NCCSc1ccccc1. The van der Waals surface area contributed by atoms with Gasteiger partial charge in [0, 0.05) is 17.2 Å². The Morgan fingerprint density at radius 1 is 0.917 bits per heavy atom. The standard InChI is InChI=1S/C18H16N2O3S/c21-16(19-10-11-24-13-6-2-1-3-7-13)12-20-17(22)14-8-4-5-9-15(14)18(20)23/h1-9H,10-12H2,(H,19,21). The number of fused-ring (bicyclic) bond motifs is 1. The normalized spacial score (nSPS) is 13.1. The molecule has 0 unspecified atom stereocenters. The molecule has 0 saturated heterocycles. The maximum absolute atomic E-state index is 12.2. The highest BCUT2D eigenvalue weighted by Gasteiger charge is 2.36. The summed E-state index contributed by atoms with van der Waals surface area (Å²) < 4.78 is 0. The molecule has 0 bridgehead atoms. The second-order valence-electron chi connectivity index (χ2n) is 5.25. The average Bonchev–Trinajstić information content (AvgIpc) is 2.85. The molecule has 1 N–H and O–H groups in total. The van der Waals surface area contributed by atoms with E-state index in [2.05, 4.69) is 5.32 Å². The second kappa shape index (κ2) is 7.31. The third kappa shape index (κ3) is 3.49. The predicted molar refractivity (Wildman–Crippen MR) is 92.0 cm³/mol. The minimum atomic E-state index is -0.413. The largest absolute Gasteiger partial charge is 0.354 e. The van der Waals surface area contributed by atoms with Gasteiger partial charge in [0.05, 0.1) is 11.1 Å². The highest BCUT2D eigenvalue weighted by Crippen LogP contribution is 2.22. The van der Waals surface area contributed by atoms with Crippen LogP contribution in [-0.2, 0) is 4.79 Å². The molecule has 1 aliphatic rings. The summed E-state index contributed by atoms with van der Waals surface area (Å²) in [4.78, 5) is 38.5. The molecule has 122 valence electrons. The van der Waals surface area contributed by atoms with Crippen LogP contribution in [0.2, 0.25) is 0 Å². The Hall–Kier alpha value is -2.60. The Labute approximate surface area is 144 Å². The van der Waals surface area contributed by atoms with Gasteiger partial charge in [0.25, 0.3) is 11.8 Å². The quantitative estimate of drug-likeness (QED) is 0.497. The van der Waals surface area contributed by atoms with Crippen molar-refractivity contribution in [3.8, 4) is 0 Å². The van der Waals surface area contributed by atoms with E-state index < -0.39 is 11.8 Å². The van der Waals surface area contributed by atoms with E-state index in [4.69, 9.17) is 0 Å². The molecule has 0 saturated carbocycles. The molecular formula is C18H16N2O3S. The van der Waals surface area contributed by atoms with Crippen molar-refractivity contribution < 1.29 is 14.4 Å². The zero-order chi connectivity index (χ0) is 16.9. The van der Waals surface area contributed by atoms with E-state index in [1.54, 1.807) is 36.0 Å². The van der Waals surface area contributed by atoms with Crippen LogP contribution in [0.3, 0.4) is 0 Å². The van der Waals surface area contributed by atoms with Crippen molar-refractivity contribution in [2.75, 3.05) is 18.8 Å². The van der Waals surface area contributed by atoms with Crippen LogP contribution in [0, 0.1) is 0 Å². The Balaban J connectivity index is 1.48. The van der Waals surface area contributed by atoms with Crippen molar-refractivity contribution >= 4 is 29.5 Å². The summed E-state index contributed by atoms with van der Waals surface area (Å²) in [7, 11) is 0. The van der Waals surface area contributed by atoms with Gasteiger partial charge in [-0.3, -0.25) is 19.3 Å². The smallest absolute Gasteiger partial charge is 0.262 e. The monoisotopic (exact) mass is 340 g/mol. The molecule has 0 atom stereocenters. The van der Waals surface area contributed by atoms with Gasteiger partial charge in [-0.15, -0.1) is 11.8 Å². The topological polar surface area (TPSA) is 66.5 Å². The molecule has 3 rings (SSSR count). The van der Waals surface area contributed by atoms with E-state index >= 15 is 0 Å². The molecule has 5 nitrogen and oxygen atoms in total. The first kappa shape index (κ1) is 16.3. The van der Waals surface area contributed by atoms with E-state index in [9.17, 15) is 14.4 Å². The van der Waals surface area contributed by atoms with Gasteiger partial charge < -0.3 is 5.32 Å². The van der Waals surface area contributed by atoms with Gasteiger partial charge in [-0.05, 0) is 24.3 Å². The van der Waals surface area contributed by atoms with Crippen molar-refractivity contribution in [2.24, 2.45) is 0 Å². The summed E-state index contributed by atoms with van der Waals surface area (Å²) in [6.45, 7) is 0.226. The first-order chi connectivity index (χ1) is 11.7. The summed E-state index contributed by atoms with van der Waals surface area (Å²) in [5.41, 5.74) is 0.713. The van der Waals surface area contributed by atoms with E-state index in [1.807, 2.05) is 30.3 Å². The number of rotatable bonds is 6. The highest BCUT2D eigenvalue weighted by atomic mass is 32.2. The van der Waals surface area contributed by atoms with Gasteiger partial charge in [-0.25, -0.2) is 0 Å². The van der Waals surface area contributed by atoms with E-state index in [-0.39, 0.29) is 12.5 Å². The molecule has 0 radical (unpaired) electrons. The molecule has 1 aliphatic heterocycles. The minimum absolute atomic E-state index is 0.248. The van der Waals surface area contributed by atoms with Crippen LogP contribution in [0.15, 0.2) is 59.5 Å². The third-order valence-electron chi connectivity index (χ3n) is 3.62. The maximum atomic E-state index is 12.2. The van der Waals surface area contributed by atoms with Crippen molar-refractivity contribution in [1.82, 2.24) is 10.2 Å². The van der Waals surface area contributed by atoms with E-state index in [1.165, 1.54) is 0 Å². The summed E-state index contributed by atoms with van der Waals surface area (Å²) in [5.74, 6) is -0.440.